The van der Waals surface area contributed by atoms with E-state index in [4.69, 9.17) is 4.74 Å². The van der Waals surface area contributed by atoms with E-state index in [-0.39, 0.29) is 0 Å². The van der Waals surface area contributed by atoms with Crippen LogP contribution in [0.3, 0.4) is 0 Å². The molecule has 6 nitrogen and oxygen atoms in total. The Kier molecular flexibility index (Phi) is 4.62. The summed E-state index contributed by atoms with van der Waals surface area (Å²) in [5.74, 6) is 1.48. The number of aromatic nitrogens is 4. The van der Waals surface area contributed by atoms with Gasteiger partial charge in [-0.2, -0.15) is 0 Å². The topological polar surface area (TPSA) is 55.6 Å². The van der Waals surface area contributed by atoms with Gasteiger partial charge < -0.3 is 4.74 Å². The lowest BCUT2D eigenvalue weighted by Crippen LogP contribution is -2.29. The Morgan fingerprint density at radius 1 is 0.964 bits per heavy atom. The molecule has 0 aliphatic carbocycles. The summed E-state index contributed by atoms with van der Waals surface area (Å²) in [5.41, 5.74) is 3.08. The fraction of sp³-hybridized carbons (Fsp3) is 0.318. The van der Waals surface area contributed by atoms with E-state index in [1.165, 1.54) is 43.3 Å². The maximum absolute atomic E-state index is 6.10. The molecule has 1 aliphatic rings. The predicted octanol–water partition coefficient (Wildman–Crippen LogP) is 3.84. The molecule has 0 saturated carbocycles. The van der Waals surface area contributed by atoms with Crippen LogP contribution in [0.5, 0.6) is 5.75 Å². The van der Waals surface area contributed by atoms with Gasteiger partial charge in [-0.15, -0.1) is 0 Å². The highest BCUT2D eigenvalue weighted by molar-refractivity contribution is 5.87. The van der Waals surface area contributed by atoms with Gasteiger partial charge in [0.1, 0.15) is 17.9 Å². The number of rotatable bonds is 5. The van der Waals surface area contributed by atoms with E-state index in [0.717, 1.165) is 23.5 Å². The van der Waals surface area contributed by atoms with Crippen molar-refractivity contribution in [3.8, 4) is 5.75 Å². The third-order valence-electron chi connectivity index (χ3n) is 5.33. The third kappa shape index (κ3) is 3.43. The number of hydrogen-bond donors (Lipinski definition) is 0. The molecule has 4 aromatic rings. The van der Waals surface area contributed by atoms with Gasteiger partial charge in [-0.3, -0.25) is 14.3 Å². The molecule has 0 atom stereocenters. The van der Waals surface area contributed by atoms with Gasteiger partial charge in [-0.05, 0) is 49.7 Å². The van der Waals surface area contributed by atoms with Crippen LogP contribution in [0.2, 0.25) is 0 Å². The number of imidazole rings is 1. The molecular formula is C22H23N5O. The number of benzene rings is 1. The summed E-state index contributed by atoms with van der Waals surface area (Å²) in [6.45, 7) is 3.73. The fourth-order valence-electron chi connectivity index (χ4n) is 3.92. The van der Waals surface area contributed by atoms with Crippen LogP contribution >= 0.6 is 0 Å². The van der Waals surface area contributed by atoms with Crippen molar-refractivity contribution >= 4 is 16.7 Å². The van der Waals surface area contributed by atoms with Gasteiger partial charge in [0.25, 0.3) is 0 Å². The van der Waals surface area contributed by atoms with Crippen molar-refractivity contribution in [1.82, 2.24) is 24.3 Å². The molecule has 3 aromatic heterocycles. The lowest BCUT2D eigenvalue weighted by Gasteiger charge is -2.27. The zero-order valence-corrected chi connectivity index (χ0v) is 15.8. The van der Waals surface area contributed by atoms with E-state index >= 15 is 0 Å². The van der Waals surface area contributed by atoms with Crippen LogP contribution in [0.4, 0.5) is 0 Å². The van der Waals surface area contributed by atoms with Crippen molar-refractivity contribution in [2.45, 2.75) is 32.4 Å². The molecule has 1 fully saturated rings. The van der Waals surface area contributed by atoms with E-state index in [9.17, 15) is 0 Å². The molecule has 0 amide bonds. The molecule has 0 unspecified atom stereocenters. The van der Waals surface area contributed by atoms with Crippen LogP contribution in [0.25, 0.3) is 16.7 Å². The summed E-state index contributed by atoms with van der Waals surface area (Å²) in [7, 11) is 0. The minimum atomic E-state index is 0.389. The largest absolute Gasteiger partial charge is 0.485 e. The van der Waals surface area contributed by atoms with E-state index < -0.39 is 0 Å². The zero-order chi connectivity index (χ0) is 18.8. The second kappa shape index (κ2) is 7.56. The Morgan fingerprint density at radius 2 is 1.86 bits per heavy atom. The first-order valence-corrected chi connectivity index (χ1v) is 9.87. The fourth-order valence-corrected chi connectivity index (χ4v) is 3.92. The average molecular weight is 373 g/mol. The van der Waals surface area contributed by atoms with E-state index in [0.29, 0.717) is 12.4 Å². The second-order valence-electron chi connectivity index (χ2n) is 7.31. The van der Waals surface area contributed by atoms with Crippen LogP contribution < -0.4 is 4.74 Å². The van der Waals surface area contributed by atoms with Gasteiger partial charge in [0, 0.05) is 36.7 Å². The monoisotopic (exact) mass is 373 g/mol. The SMILES string of the molecule is c1cnc2c(OCc3cn4cccnc4n3)ccc(CN3CCCCC3)c2c1. The van der Waals surface area contributed by atoms with Crippen LogP contribution in [-0.2, 0) is 13.2 Å². The Labute approximate surface area is 163 Å². The number of likely N-dealkylation sites (tertiary alicyclic amines) is 1. The summed E-state index contributed by atoms with van der Waals surface area (Å²) in [5, 5.41) is 1.17. The molecule has 0 radical (unpaired) electrons. The number of piperidine rings is 1. The Morgan fingerprint density at radius 3 is 2.75 bits per heavy atom. The summed E-state index contributed by atoms with van der Waals surface area (Å²) in [6.07, 6.45) is 11.4. The van der Waals surface area contributed by atoms with Gasteiger partial charge >= 0.3 is 0 Å². The minimum absolute atomic E-state index is 0.389. The number of hydrogen-bond acceptors (Lipinski definition) is 5. The highest BCUT2D eigenvalue weighted by Gasteiger charge is 2.14. The molecule has 28 heavy (non-hydrogen) atoms. The van der Waals surface area contributed by atoms with Crippen molar-refractivity contribution in [2.24, 2.45) is 0 Å². The number of nitrogens with zero attached hydrogens (tertiary/aromatic N) is 5. The van der Waals surface area contributed by atoms with Crippen LogP contribution in [0.15, 0.2) is 55.1 Å². The first-order chi connectivity index (χ1) is 13.9. The molecular weight excluding hydrogens is 350 g/mol. The number of pyridine rings is 1. The molecule has 1 aromatic carbocycles. The van der Waals surface area contributed by atoms with Crippen LogP contribution in [0.1, 0.15) is 30.5 Å². The lowest BCUT2D eigenvalue weighted by atomic mass is 10.1. The Hall–Kier alpha value is -2.99. The van der Waals surface area contributed by atoms with Gasteiger partial charge in [0.2, 0.25) is 5.78 Å². The van der Waals surface area contributed by atoms with Gasteiger partial charge in [-0.25, -0.2) is 9.97 Å². The Balaban J connectivity index is 1.39. The van der Waals surface area contributed by atoms with Crippen molar-refractivity contribution < 1.29 is 4.74 Å². The van der Waals surface area contributed by atoms with Crippen LogP contribution in [0, 0.1) is 0 Å². The molecule has 4 heterocycles. The molecule has 0 N–H and O–H groups in total. The maximum atomic E-state index is 6.10. The highest BCUT2D eigenvalue weighted by atomic mass is 16.5. The molecule has 1 aliphatic heterocycles. The third-order valence-corrected chi connectivity index (χ3v) is 5.33. The molecule has 0 spiro atoms. The zero-order valence-electron chi connectivity index (χ0n) is 15.8. The van der Waals surface area contributed by atoms with Crippen molar-refractivity contribution in [3.63, 3.8) is 0 Å². The number of fused-ring (bicyclic) bond motifs is 2. The molecule has 6 heteroatoms. The van der Waals surface area contributed by atoms with Gasteiger partial charge in [-0.1, -0.05) is 18.6 Å². The first-order valence-electron chi connectivity index (χ1n) is 9.87. The van der Waals surface area contributed by atoms with Gasteiger partial charge in [0.15, 0.2) is 0 Å². The van der Waals surface area contributed by atoms with Crippen LogP contribution in [-0.4, -0.2) is 37.3 Å². The van der Waals surface area contributed by atoms with Crippen molar-refractivity contribution in [3.05, 3.63) is 66.4 Å². The first kappa shape index (κ1) is 17.1. The number of ether oxygens (including phenoxy) is 1. The summed E-state index contributed by atoms with van der Waals surface area (Å²) in [6, 6.07) is 10.3. The van der Waals surface area contributed by atoms with Crippen molar-refractivity contribution in [2.75, 3.05) is 13.1 Å². The molecule has 142 valence electrons. The van der Waals surface area contributed by atoms with E-state index in [1.807, 2.05) is 41.2 Å². The summed E-state index contributed by atoms with van der Waals surface area (Å²) < 4.78 is 8.00. The summed E-state index contributed by atoms with van der Waals surface area (Å²) >= 11 is 0. The molecule has 5 rings (SSSR count). The molecule has 0 bridgehead atoms. The highest BCUT2D eigenvalue weighted by Crippen LogP contribution is 2.28. The Bertz CT molecular complexity index is 1070. The second-order valence-corrected chi connectivity index (χ2v) is 7.31. The predicted molar refractivity (Wildman–Crippen MR) is 108 cm³/mol. The standard InChI is InChI=1S/C22H23N5O/c1-2-11-26(12-3-1)14-17-7-8-20(21-19(17)6-4-9-23-21)28-16-18-15-27-13-5-10-24-22(27)25-18/h4-10,13,15H,1-3,11-12,14,16H2. The maximum Gasteiger partial charge on any atom is 0.234 e. The van der Waals surface area contributed by atoms with Crippen molar-refractivity contribution in [1.29, 1.82) is 0 Å². The normalized spacial score (nSPS) is 15.3. The summed E-state index contributed by atoms with van der Waals surface area (Å²) in [4.78, 5) is 15.9. The molecule has 1 saturated heterocycles. The lowest BCUT2D eigenvalue weighted by molar-refractivity contribution is 0.221. The minimum Gasteiger partial charge on any atom is -0.485 e. The van der Waals surface area contributed by atoms with E-state index in [2.05, 4.69) is 32.0 Å². The van der Waals surface area contributed by atoms with E-state index in [1.54, 1.807) is 6.20 Å². The smallest absolute Gasteiger partial charge is 0.234 e. The van der Waals surface area contributed by atoms with Gasteiger partial charge in [0.05, 0.1) is 5.69 Å². The average Bonchev–Trinajstić information content (AvgIpc) is 3.17. The quantitative estimate of drug-likeness (QED) is 0.532.